The van der Waals surface area contributed by atoms with Crippen LogP contribution in [0.1, 0.15) is 37.7 Å². The normalized spacial score (nSPS) is 23.3. The summed E-state index contributed by atoms with van der Waals surface area (Å²) in [5, 5.41) is 8.66. The van der Waals surface area contributed by atoms with Crippen molar-refractivity contribution in [3.63, 3.8) is 0 Å². The van der Waals surface area contributed by atoms with Crippen LogP contribution in [-0.2, 0) is 16.2 Å². The van der Waals surface area contributed by atoms with Crippen molar-refractivity contribution >= 4 is 24.8 Å². The molecule has 2 aromatic heterocycles. The minimum absolute atomic E-state index is 0.453. The lowest BCUT2D eigenvalue weighted by Crippen LogP contribution is -2.32. The second-order valence-corrected chi connectivity index (χ2v) is 15.7. The average Bonchev–Trinajstić information content (AvgIpc) is 3.30. The third-order valence-corrected chi connectivity index (χ3v) is 8.24. The van der Waals surface area contributed by atoms with Crippen LogP contribution in [-0.4, -0.2) is 56.1 Å². The third-order valence-electron chi connectivity index (χ3n) is 6.54. The first-order valence-corrected chi connectivity index (χ1v) is 15.3. The van der Waals surface area contributed by atoms with E-state index in [1.807, 2.05) is 6.20 Å². The van der Waals surface area contributed by atoms with Crippen LogP contribution in [0, 0.1) is 0 Å². The number of rotatable bonds is 8. The fourth-order valence-electron chi connectivity index (χ4n) is 4.58. The highest BCUT2D eigenvalue weighted by Crippen LogP contribution is 2.37. The van der Waals surface area contributed by atoms with Gasteiger partial charge in [-0.3, -0.25) is 0 Å². The van der Waals surface area contributed by atoms with Crippen LogP contribution in [0.3, 0.4) is 0 Å². The maximum Gasteiger partial charge on any atom is 0.144 e. The van der Waals surface area contributed by atoms with Gasteiger partial charge in [-0.1, -0.05) is 19.6 Å². The van der Waals surface area contributed by atoms with Crippen molar-refractivity contribution in [1.82, 2.24) is 14.9 Å². The van der Waals surface area contributed by atoms with E-state index < -0.39 is 8.07 Å². The highest BCUT2D eigenvalue weighted by atomic mass is 28.3. The molecule has 30 heavy (non-hydrogen) atoms. The number of aromatic nitrogens is 2. The lowest BCUT2D eigenvalue weighted by atomic mass is 9.91. The Morgan fingerprint density at radius 2 is 2.07 bits per heavy atom. The van der Waals surface area contributed by atoms with Gasteiger partial charge >= 0.3 is 0 Å². The molecule has 2 fully saturated rings. The van der Waals surface area contributed by atoms with Gasteiger partial charge in [-0.2, -0.15) is 0 Å². The van der Waals surface area contributed by atoms with Crippen molar-refractivity contribution in [2.45, 2.75) is 76.6 Å². The Kier molecular flexibility index (Phi) is 6.82. The van der Waals surface area contributed by atoms with E-state index in [1.165, 1.54) is 22.7 Å². The summed E-state index contributed by atoms with van der Waals surface area (Å²) in [6.07, 6.45) is 7.53. The molecule has 2 saturated heterocycles. The standard InChI is InChI=1S/C23H38N4O2Si/c1-17-20(5-9-24-17)26-21-6-10-25-23-22(21)19(18-7-11-28-12-8-18)15-27(23)16-29-13-14-30(2,3)4/h6,10,15,17-18,20,24H,5,7-9,11-14,16H2,1-4H3,(H,25,26)/t17-,20-/m1/s1. The molecule has 0 bridgehead atoms. The molecule has 7 heteroatoms. The smallest absolute Gasteiger partial charge is 0.144 e. The van der Waals surface area contributed by atoms with Crippen LogP contribution in [0.25, 0.3) is 11.0 Å². The van der Waals surface area contributed by atoms with E-state index in [4.69, 9.17) is 14.5 Å². The quantitative estimate of drug-likeness (QED) is 0.480. The Labute approximate surface area is 181 Å². The number of hydrogen-bond donors (Lipinski definition) is 2. The van der Waals surface area contributed by atoms with Crippen molar-refractivity contribution in [2.24, 2.45) is 0 Å². The molecule has 4 heterocycles. The first kappa shape index (κ1) is 21.8. The number of hydrogen-bond acceptors (Lipinski definition) is 5. The largest absolute Gasteiger partial charge is 0.381 e. The van der Waals surface area contributed by atoms with E-state index in [-0.39, 0.29) is 0 Å². The molecule has 0 unspecified atom stereocenters. The van der Waals surface area contributed by atoms with Crippen molar-refractivity contribution in [2.75, 3.05) is 31.7 Å². The summed E-state index contributed by atoms with van der Waals surface area (Å²) >= 11 is 0. The van der Waals surface area contributed by atoms with Gasteiger partial charge in [0.25, 0.3) is 0 Å². The Morgan fingerprint density at radius 1 is 1.27 bits per heavy atom. The molecule has 2 aromatic rings. The van der Waals surface area contributed by atoms with E-state index in [0.29, 0.717) is 24.7 Å². The lowest BCUT2D eigenvalue weighted by Gasteiger charge is -2.23. The third kappa shape index (κ3) is 5.07. The number of nitrogens with zero attached hydrogens (tertiary/aromatic N) is 2. The Morgan fingerprint density at radius 3 is 2.77 bits per heavy atom. The number of anilines is 1. The summed E-state index contributed by atoms with van der Waals surface area (Å²) in [4.78, 5) is 4.78. The average molecular weight is 431 g/mol. The first-order chi connectivity index (χ1) is 14.4. The molecule has 2 aliphatic rings. The van der Waals surface area contributed by atoms with Crippen LogP contribution >= 0.6 is 0 Å². The molecule has 0 spiro atoms. The monoisotopic (exact) mass is 430 g/mol. The SMILES string of the molecule is C[C@H]1NCC[C@H]1Nc1ccnc2c1c(C1CCOCC1)cn2COCC[Si](C)(C)C. The van der Waals surface area contributed by atoms with Gasteiger partial charge in [-0.25, -0.2) is 4.98 Å². The highest BCUT2D eigenvalue weighted by molar-refractivity contribution is 6.76. The number of ether oxygens (including phenoxy) is 2. The maximum atomic E-state index is 6.10. The van der Waals surface area contributed by atoms with Crippen molar-refractivity contribution in [3.8, 4) is 0 Å². The Balaban J connectivity index is 1.62. The van der Waals surface area contributed by atoms with Gasteiger partial charge in [-0.15, -0.1) is 0 Å². The molecule has 2 aliphatic heterocycles. The van der Waals surface area contributed by atoms with Gasteiger partial charge in [-0.05, 0) is 56.3 Å². The van der Waals surface area contributed by atoms with Crippen LogP contribution < -0.4 is 10.6 Å². The number of pyridine rings is 1. The van der Waals surface area contributed by atoms with E-state index >= 15 is 0 Å². The molecule has 2 N–H and O–H groups in total. The molecule has 0 amide bonds. The zero-order valence-electron chi connectivity index (χ0n) is 19.0. The zero-order chi connectivity index (χ0) is 21.1. The molecule has 0 aliphatic carbocycles. The predicted octanol–water partition coefficient (Wildman–Crippen LogP) is 4.40. The van der Waals surface area contributed by atoms with Gasteiger partial charge in [0, 0.05) is 63.4 Å². The van der Waals surface area contributed by atoms with Gasteiger partial charge < -0.3 is 24.7 Å². The minimum atomic E-state index is -1.09. The minimum Gasteiger partial charge on any atom is -0.381 e. The van der Waals surface area contributed by atoms with Gasteiger partial charge in [0.1, 0.15) is 12.4 Å². The van der Waals surface area contributed by atoms with Crippen LogP contribution in [0.15, 0.2) is 18.5 Å². The summed E-state index contributed by atoms with van der Waals surface area (Å²) in [7, 11) is -1.09. The molecule has 2 atom stereocenters. The molecule has 0 aromatic carbocycles. The molecule has 166 valence electrons. The lowest BCUT2D eigenvalue weighted by molar-refractivity contribution is 0.0840. The molecular formula is C23H38N4O2Si. The fourth-order valence-corrected chi connectivity index (χ4v) is 5.34. The van der Waals surface area contributed by atoms with Gasteiger partial charge in [0.2, 0.25) is 0 Å². The first-order valence-electron chi connectivity index (χ1n) is 11.6. The Hall–Kier alpha value is -1.41. The van der Waals surface area contributed by atoms with Crippen LogP contribution in [0.4, 0.5) is 5.69 Å². The predicted molar refractivity (Wildman–Crippen MR) is 126 cm³/mol. The summed E-state index contributed by atoms with van der Waals surface area (Å²) < 4.78 is 13.9. The van der Waals surface area contributed by atoms with Gasteiger partial charge in [0.15, 0.2) is 0 Å². The van der Waals surface area contributed by atoms with Crippen LogP contribution in [0.2, 0.25) is 25.7 Å². The van der Waals surface area contributed by atoms with Crippen molar-refractivity contribution in [3.05, 3.63) is 24.0 Å². The summed E-state index contributed by atoms with van der Waals surface area (Å²) in [6, 6.07) is 4.26. The highest BCUT2D eigenvalue weighted by Gasteiger charge is 2.27. The van der Waals surface area contributed by atoms with E-state index in [2.05, 4.69) is 54.0 Å². The van der Waals surface area contributed by atoms with E-state index in [0.717, 1.165) is 51.3 Å². The Bertz CT molecular complexity index is 842. The summed E-state index contributed by atoms with van der Waals surface area (Å²) in [6.45, 7) is 13.6. The molecule has 0 radical (unpaired) electrons. The summed E-state index contributed by atoms with van der Waals surface area (Å²) in [5.74, 6) is 0.522. The molecular weight excluding hydrogens is 392 g/mol. The van der Waals surface area contributed by atoms with Gasteiger partial charge in [0.05, 0.1) is 0 Å². The summed E-state index contributed by atoms with van der Waals surface area (Å²) in [5.41, 5.74) is 3.65. The van der Waals surface area contributed by atoms with Crippen LogP contribution in [0.5, 0.6) is 0 Å². The topological polar surface area (TPSA) is 60.3 Å². The molecule has 0 saturated carbocycles. The maximum absolute atomic E-state index is 6.10. The van der Waals surface area contributed by atoms with E-state index in [1.54, 1.807) is 0 Å². The fraction of sp³-hybridized carbons (Fsp3) is 0.696. The second kappa shape index (κ2) is 9.38. The zero-order valence-corrected chi connectivity index (χ0v) is 20.0. The van der Waals surface area contributed by atoms with E-state index in [9.17, 15) is 0 Å². The molecule has 6 nitrogen and oxygen atoms in total. The van der Waals surface area contributed by atoms with Crippen molar-refractivity contribution in [1.29, 1.82) is 0 Å². The molecule has 4 rings (SSSR count). The number of nitrogens with one attached hydrogen (secondary N) is 2. The van der Waals surface area contributed by atoms with Crippen molar-refractivity contribution < 1.29 is 9.47 Å². The number of fused-ring (bicyclic) bond motifs is 1. The second-order valence-electron chi connectivity index (χ2n) is 10.1.